The summed E-state index contributed by atoms with van der Waals surface area (Å²) in [6.07, 6.45) is 3.18. The smallest absolute Gasteiger partial charge is 0.0107 e. The van der Waals surface area contributed by atoms with E-state index >= 15 is 0 Å². The van der Waals surface area contributed by atoms with Crippen molar-refractivity contribution in [3.05, 3.63) is 0 Å². The Balaban J connectivity index is 1.86. The van der Waals surface area contributed by atoms with Crippen molar-refractivity contribution in [2.75, 3.05) is 0 Å². The van der Waals surface area contributed by atoms with E-state index in [4.69, 9.17) is 5.73 Å². The van der Waals surface area contributed by atoms with Crippen LogP contribution in [0.15, 0.2) is 0 Å². The molecule has 5 fully saturated rings. The van der Waals surface area contributed by atoms with E-state index < -0.39 is 0 Å². The third kappa shape index (κ3) is 0.296. The molecule has 5 rings (SSSR count). The fraction of sp³-hybridized carbons (Fsp3) is 1.00. The van der Waals surface area contributed by atoms with Crippen LogP contribution in [0.2, 0.25) is 0 Å². The lowest BCUT2D eigenvalue weighted by Gasteiger charge is -2.47. The van der Waals surface area contributed by atoms with Gasteiger partial charge in [-0.05, 0) is 60.2 Å². The van der Waals surface area contributed by atoms with E-state index in [9.17, 15) is 0 Å². The van der Waals surface area contributed by atoms with Gasteiger partial charge in [0.1, 0.15) is 0 Å². The monoisotopic (exact) mass is 161 g/mol. The molecule has 0 aromatic rings. The van der Waals surface area contributed by atoms with Gasteiger partial charge in [0.25, 0.3) is 0 Å². The van der Waals surface area contributed by atoms with E-state index in [1.165, 1.54) is 11.8 Å². The Bertz CT molecular complexity index is 277. The molecule has 1 heteroatoms. The Hall–Kier alpha value is -0.0400. The summed E-state index contributed by atoms with van der Waals surface area (Å²) >= 11 is 0. The molecule has 0 saturated heterocycles. The zero-order chi connectivity index (χ0) is 7.61. The van der Waals surface area contributed by atoms with E-state index in [1.807, 2.05) is 0 Å². The van der Waals surface area contributed by atoms with Crippen LogP contribution < -0.4 is 5.73 Å². The summed E-state index contributed by atoms with van der Waals surface area (Å²) in [5, 5.41) is 0. The Morgan fingerprint density at radius 1 is 0.667 bits per heavy atom. The minimum absolute atomic E-state index is 0.646. The van der Waals surface area contributed by atoms with Crippen LogP contribution in [-0.2, 0) is 0 Å². The molecule has 0 heterocycles. The summed E-state index contributed by atoms with van der Waals surface area (Å²) < 4.78 is 0. The van der Waals surface area contributed by atoms with Gasteiger partial charge < -0.3 is 5.73 Å². The molecule has 64 valence electrons. The SMILES string of the molecule is N[C@H]1[C@@H]2[C@H]3C[C@@H]4[C@H]5[C@H]3C[C@@H]2[C@@H]5[C@@H]14. The van der Waals surface area contributed by atoms with Crippen molar-refractivity contribution in [3.8, 4) is 0 Å². The first-order valence-corrected chi connectivity index (χ1v) is 5.63. The fourth-order valence-electron chi connectivity index (χ4n) is 6.55. The molecule has 2 bridgehead atoms. The molecule has 5 saturated carbocycles. The summed E-state index contributed by atoms with van der Waals surface area (Å²) in [7, 11) is 0. The number of nitrogens with two attached hydrogens (primary N) is 1. The van der Waals surface area contributed by atoms with Gasteiger partial charge in [-0.3, -0.25) is 0 Å². The Kier molecular flexibility index (Phi) is 0.609. The third-order valence-corrected chi connectivity index (χ3v) is 6.38. The van der Waals surface area contributed by atoms with Crippen LogP contribution in [0.5, 0.6) is 0 Å². The van der Waals surface area contributed by atoms with Crippen LogP contribution in [0.25, 0.3) is 0 Å². The van der Waals surface area contributed by atoms with Crippen molar-refractivity contribution in [1.82, 2.24) is 0 Å². The zero-order valence-electron chi connectivity index (χ0n) is 7.19. The first kappa shape index (κ1) is 5.64. The average Bonchev–Trinajstić information content (AvgIpc) is 2.47. The van der Waals surface area contributed by atoms with E-state index in [-0.39, 0.29) is 0 Å². The lowest BCUT2D eigenvalue weighted by atomic mass is 9.59. The third-order valence-electron chi connectivity index (χ3n) is 6.38. The molecule has 0 aromatic carbocycles. The standard InChI is InChI=1S/C11H15N/c12-11-8-4-2-5-7-3(4)1-6(8)9(7)10(5)11/h3-11H,1-2,12H2/t3-,4-,5+,6-,7+,8+,9-,10-,11-/m0/s1. The van der Waals surface area contributed by atoms with Crippen molar-refractivity contribution in [3.63, 3.8) is 0 Å². The van der Waals surface area contributed by atoms with Crippen molar-refractivity contribution >= 4 is 0 Å². The number of hydrogen-bond donors (Lipinski definition) is 1. The van der Waals surface area contributed by atoms with Gasteiger partial charge in [0.2, 0.25) is 0 Å². The topological polar surface area (TPSA) is 26.0 Å². The normalized spacial score (nSPS) is 85.2. The van der Waals surface area contributed by atoms with Gasteiger partial charge in [-0.2, -0.15) is 0 Å². The summed E-state index contributed by atoms with van der Waals surface area (Å²) in [5.41, 5.74) is 6.34. The molecular formula is C11H15N. The molecule has 0 amide bonds. The highest BCUT2D eigenvalue weighted by molar-refractivity contribution is 5.28. The Morgan fingerprint density at radius 2 is 1.33 bits per heavy atom. The summed E-state index contributed by atoms with van der Waals surface area (Å²) in [6.45, 7) is 0. The summed E-state index contributed by atoms with van der Waals surface area (Å²) in [4.78, 5) is 0. The lowest BCUT2D eigenvalue weighted by Crippen LogP contribution is -2.49. The number of rotatable bonds is 0. The van der Waals surface area contributed by atoms with Gasteiger partial charge in [0.05, 0.1) is 0 Å². The molecule has 12 heavy (non-hydrogen) atoms. The Labute approximate surface area is 72.7 Å². The van der Waals surface area contributed by atoms with E-state index in [1.54, 1.807) is 12.8 Å². The van der Waals surface area contributed by atoms with Crippen LogP contribution in [0, 0.1) is 47.3 Å². The molecule has 0 unspecified atom stereocenters. The predicted octanol–water partition coefficient (Wildman–Crippen LogP) is 1.09. The predicted molar refractivity (Wildman–Crippen MR) is 45.1 cm³/mol. The van der Waals surface area contributed by atoms with E-state index in [0.717, 1.165) is 35.5 Å². The van der Waals surface area contributed by atoms with Gasteiger partial charge >= 0.3 is 0 Å². The van der Waals surface area contributed by atoms with Crippen LogP contribution in [-0.4, -0.2) is 6.04 Å². The van der Waals surface area contributed by atoms with Gasteiger partial charge in [-0.1, -0.05) is 0 Å². The van der Waals surface area contributed by atoms with Crippen LogP contribution in [0.3, 0.4) is 0 Å². The second kappa shape index (κ2) is 1.30. The summed E-state index contributed by atoms with van der Waals surface area (Å²) in [5.74, 6) is 8.84. The number of fused-ring (bicyclic) bond motifs is 2. The number of hydrogen-bond acceptors (Lipinski definition) is 1. The van der Waals surface area contributed by atoms with Crippen molar-refractivity contribution in [1.29, 1.82) is 0 Å². The van der Waals surface area contributed by atoms with Gasteiger partial charge in [0.15, 0.2) is 0 Å². The first-order chi connectivity index (χ1) is 5.88. The zero-order valence-corrected chi connectivity index (χ0v) is 7.19. The maximum absolute atomic E-state index is 6.34. The maximum Gasteiger partial charge on any atom is 0.0107 e. The van der Waals surface area contributed by atoms with Gasteiger partial charge in [-0.25, -0.2) is 0 Å². The van der Waals surface area contributed by atoms with E-state index in [0.29, 0.717) is 6.04 Å². The lowest BCUT2D eigenvalue weighted by molar-refractivity contribution is 0.0167. The molecule has 0 spiro atoms. The second-order valence-corrected chi connectivity index (χ2v) is 6.01. The molecule has 2 N–H and O–H groups in total. The fourth-order valence-corrected chi connectivity index (χ4v) is 6.55. The quantitative estimate of drug-likeness (QED) is 0.565. The average molecular weight is 161 g/mol. The highest BCUT2D eigenvalue weighted by Gasteiger charge is 2.79. The first-order valence-electron chi connectivity index (χ1n) is 5.63. The minimum Gasteiger partial charge on any atom is -0.327 e. The molecular weight excluding hydrogens is 146 g/mol. The molecule has 9 atom stereocenters. The van der Waals surface area contributed by atoms with Crippen LogP contribution in [0.4, 0.5) is 0 Å². The Morgan fingerprint density at radius 3 is 2.17 bits per heavy atom. The molecule has 0 aliphatic heterocycles. The minimum atomic E-state index is 0.646. The van der Waals surface area contributed by atoms with Crippen molar-refractivity contribution < 1.29 is 0 Å². The van der Waals surface area contributed by atoms with Crippen LogP contribution in [0.1, 0.15) is 12.8 Å². The molecule has 5 aliphatic rings. The van der Waals surface area contributed by atoms with Gasteiger partial charge in [0, 0.05) is 6.04 Å². The molecule has 1 nitrogen and oxygen atoms in total. The summed E-state index contributed by atoms with van der Waals surface area (Å²) in [6, 6.07) is 0.646. The van der Waals surface area contributed by atoms with Crippen LogP contribution >= 0.6 is 0 Å². The second-order valence-electron chi connectivity index (χ2n) is 6.01. The van der Waals surface area contributed by atoms with E-state index in [2.05, 4.69) is 0 Å². The van der Waals surface area contributed by atoms with Crippen molar-refractivity contribution in [2.24, 2.45) is 53.1 Å². The highest BCUT2D eigenvalue weighted by Crippen LogP contribution is 2.82. The molecule has 0 aromatic heterocycles. The maximum atomic E-state index is 6.34. The van der Waals surface area contributed by atoms with Gasteiger partial charge in [-0.15, -0.1) is 0 Å². The largest absolute Gasteiger partial charge is 0.327 e. The highest BCUT2D eigenvalue weighted by atomic mass is 14.9. The molecule has 5 aliphatic carbocycles. The molecule has 0 radical (unpaired) electrons. The van der Waals surface area contributed by atoms with Crippen molar-refractivity contribution in [2.45, 2.75) is 18.9 Å².